The molecule has 1 aliphatic heterocycles. The van der Waals surface area contributed by atoms with E-state index in [-0.39, 0.29) is 30.1 Å². The molecule has 1 N–H and O–H groups in total. The van der Waals surface area contributed by atoms with Crippen molar-refractivity contribution in [3.05, 3.63) is 0 Å². The van der Waals surface area contributed by atoms with Gasteiger partial charge in [-0.05, 0) is 6.42 Å². The lowest BCUT2D eigenvalue weighted by atomic mass is 9.98. The third-order valence-electron chi connectivity index (χ3n) is 2.87. The average molecular weight is 242 g/mol. The molecular formula is C11H18N2O4. The number of carbonyl (C=O) groups excluding carboxylic acids is 3. The predicted octanol–water partition coefficient (Wildman–Crippen LogP) is -0.466. The number of amides is 2. The second-order valence-electron chi connectivity index (χ2n) is 4.13. The maximum atomic E-state index is 11.9. The summed E-state index contributed by atoms with van der Waals surface area (Å²) in [5.41, 5.74) is 0. The molecule has 6 nitrogen and oxygen atoms in total. The van der Waals surface area contributed by atoms with Crippen molar-refractivity contribution in [2.24, 2.45) is 5.92 Å². The SMILES string of the molecule is COC(=O)CCN(C)C(=O)C1CCC(=O)NC1. The van der Waals surface area contributed by atoms with Crippen LogP contribution in [-0.4, -0.2) is 49.9 Å². The molecule has 1 aliphatic rings. The summed E-state index contributed by atoms with van der Waals surface area (Å²) in [5, 5.41) is 2.67. The molecule has 1 saturated heterocycles. The Labute approximate surface area is 100 Å². The number of nitrogens with one attached hydrogen (secondary N) is 1. The number of ether oxygens (including phenoxy) is 1. The average Bonchev–Trinajstić information content (AvgIpc) is 2.35. The molecule has 0 saturated carbocycles. The van der Waals surface area contributed by atoms with Crippen LogP contribution < -0.4 is 5.32 Å². The van der Waals surface area contributed by atoms with Crippen LogP contribution in [-0.2, 0) is 19.1 Å². The molecule has 1 fully saturated rings. The van der Waals surface area contributed by atoms with Gasteiger partial charge >= 0.3 is 5.97 Å². The van der Waals surface area contributed by atoms with Gasteiger partial charge in [-0.3, -0.25) is 14.4 Å². The van der Waals surface area contributed by atoms with E-state index in [0.717, 1.165) is 0 Å². The minimum absolute atomic E-state index is 0.00809. The summed E-state index contributed by atoms with van der Waals surface area (Å²) < 4.78 is 4.51. The smallest absolute Gasteiger partial charge is 0.307 e. The zero-order valence-electron chi connectivity index (χ0n) is 10.2. The van der Waals surface area contributed by atoms with Crippen molar-refractivity contribution in [2.75, 3.05) is 27.2 Å². The summed E-state index contributed by atoms with van der Waals surface area (Å²) in [6.07, 6.45) is 1.16. The van der Waals surface area contributed by atoms with Crippen molar-refractivity contribution < 1.29 is 19.1 Å². The van der Waals surface area contributed by atoms with Gasteiger partial charge in [0, 0.05) is 26.6 Å². The number of rotatable bonds is 4. The first-order valence-electron chi connectivity index (χ1n) is 5.63. The van der Waals surface area contributed by atoms with Crippen molar-refractivity contribution in [3.63, 3.8) is 0 Å². The van der Waals surface area contributed by atoms with E-state index in [0.29, 0.717) is 25.9 Å². The van der Waals surface area contributed by atoms with E-state index in [1.54, 1.807) is 7.05 Å². The van der Waals surface area contributed by atoms with Gasteiger partial charge in [0.1, 0.15) is 0 Å². The summed E-state index contributed by atoms with van der Waals surface area (Å²) in [6.45, 7) is 0.732. The van der Waals surface area contributed by atoms with Gasteiger partial charge in [0.2, 0.25) is 11.8 Å². The van der Waals surface area contributed by atoms with Gasteiger partial charge in [0.25, 0.3) is 0 Å². The van der Waals surface area contributed by atoms with E-state index < -0.39 is 0 Å². The lowest BCUT2D eigenvalue weighted by Gasteiger charge is -2.26. The first-order valence-corrected chi connectivity index (χ1v) is 5.63. The van der Waals surface area contributed by atoms with Crippen molar-refractivity contribution in [3.8, 4) is 0 Å². The van der Waals surface area contributed by atoms with Crippen molar-refractivity contribution in [1.82, 2.24) is 10.2 Å². The fourth-order valence-electron chi connectivity index (χ4n) is 1.73. The lowest BCUT2D eigenvalue weighted by Crippen LogP contribution is -2.44. The molecule has 0 spiro atoms. The van der Waals surface area contributed by atoms with E-state index in [1.165, 1.54) is 12.0 Å². The summed E-state index contributed by atoms with van der Waals surface area (Å²) in [6, 6.07) is 0. The molecule has 1 heterocycles. The number of hydrogen-bond acceptors (Lipinski definition) is 4. The summed E-state index contributed by atoms with van der Waals surface area (Å²) in [4.78, 5) is 35.3. The Kier molecular flexibility index (Phi) is 4.93. The molecule has 1 rings (SSSR count). The zero-order chi connectivity index (χ0) is 12.8. The molecule has 0 bridgehead atoms. The number of piperidine rings is 1. The second kappa shape index (κ2) is 6.22. The van der Waals surface area contributed by atoms with E-state index in [4.69, 9.17) is 0 Å². The highest BCUT2D eigenvalue weighted by Gasteiger charge is 2.26. The highest BCUT2D eigenvalue weighted by molar-refractivity contribution is 5.83. The highest BCUT2D eigenvalue weighted by atomic mass is 16.5. The molecular weight excluding hydrogens is 224 g/mol. The predicted molar refractivity (Wildman–Crippen MR) is 60.0 cm³/mol. The van der Waals surface area contributed by atoms with Crippen LogP contribution in [0, 0.1) is 5.92 Å². The zero-order valence-corrected chi connectivity index (χ0v) is 10.2. The van der Waals surface area contributed by atoms with Crippen LogP contribution in [0.5, 0.6) is 0 Å². The molecule has 1 atom stereocenters. The van der Waals surface area contributed by atoms with Crippen molar-refractivity contribution >= 4 is 17.8 Å². The number of esters is 1. The topological polar surface area (TPSA) is 75.7 Å². The molecule has 6 heteroatoms. The van der Waals surface area contributed by atoms with Crippen LogP contribution in [0.3, 0.4) is 0 Å². The van der Waals surface area contributed by atoms with Crippen LogP contribution in [0.2, 0.25) is 0 Å². The summed E-state index contributed by atoms with van der Waals surface area (Å²) in [5.74, 6) is -0.544. The number of methoxy groups -OCH3 is 1. The molecule has 2 amide bonds. The first kappa shape index (κ1) is 13.5. The van der Waals surface area contributed by atoms with Crippen LogP contribution in [0.25, 0.3) is 0 Å². The van der Waals surface area contributed by atoms with Gasteiger partial charge in [0.15, 0.2) is 0 Å². The Morgan fingerprint density at radius 1 is 1.53 bits per heavy atom. The van der Waals surface area contributed by atoms with E-state index >= 15 is 0 Å². The standard InChI is InChI=1S/C11H18N2O4/c1-13(6-5-10(15)17-2)11(16)8-3-4-9(14)12-7-8/h8H,3-7H2,1-2H3,(H,12,14). The van der Waals surface area contributed by atoms with Crippen LogP contribution >= 0.6 is 0 Å². The third kappa shape index (κ3) is 4.05. The molecule has 96 valence electrons. The molecule has 0 aromatic heterocycles. The third-order valence-corrected chi connectivity index (χ3v) is 2.87. The molecule has 17 heavy (non-hydrogen) atoms. The van der Waals surface area contributed by atoms with E-state index in [1.807, 2.05) is 0 Å². The molecule has 0 aromatic rings. The first-order chi connectivity index (χ1) is 8.04. The second-order valence-corrected chi connectivity index (χ2v) is 4.13. The Hall–Kier alpha value is -1.59. The van der Waals surface area contributed by atoms with Gasteiger partial charge in [0.05, 0.1) is 19.4 Å². The van der Waals surface area contributed by atoms with Gasteiger partial charge in [-0.25, -0.2) is 0 Å². The number of carbonyl (C=O) groups is 3. The maximum absolute atomic E-state index is 11.9. The van der Waals surface area contributed by atoms with Crippen molar-refractivity contribution in [1.29, 1.82) is 0 Å². The largest absolute Gasteiger partial charge is 0.469 e. The number of nitrogens with zero attached hydrogens (tertiary/aromatic N) is 1. The Balaban J connectivity index is 2.36. The van der Waals surface area contributed by atoms with Gasteiger partial charge in [-0.2, -0.15) is 0 Å². The van der Waals surface area contributed by atoms with E-state index in [9.17, 15) is 14.4 Å². The van der Waals surface area contributed by atoms with Crippen LogP contribution in [0.1, 0.15) is 19.3 Å². The summed E-state index contributed by atoms with van der Waals surface area (Å²) >= 11 is 0. The Morgan fingerprint density at radius 3 is 2.76 bits per heavy atom. The lowest BCUT2D eigenvalue weighted by molar-refractivity contribution is -0.142. The van der Waals surface area contributed by atoms with Gasteiger partial charge < -0.3 is 15.0 Å². The molecule has 0 aliphatic carbocycles. The fraction of sp³-hybridized carbons (Fsp3) is 0.727. The minimum Gasteiger partial charge on any atom is -0.469 e. The molecule has 0 aromatic carbocycles. The monoisotopic (exact) mass is 242 g/mol. The molecule has 1 unspecified atom stereocenters. The van der Waals surface area contributed by atoms with Crippen LogP contribution in [0.4, 0.5) is 0 Å². The normalized spacial score (nSPS) is 19.4. The number of hydrogen-bond donors (Lipinski definition) is 1. The van der Waals surface area contributed by atoms with Gasteiger partial charge in [-0.15, -0.1) is 0 Å². The quantitative estimate of drug-likeness (QED) is 0.676. The summed E-state index contributed by atoms with van der Waals surface area (Å²) in [7, 11) is 2.97. The molecule has 0 radical (unpaired) electrons. The highest BCUT2D eigenvalue weighted by Crippen LogP contribution is 2.13. The fourth-order valence-corrected chi connectivity index (χ4v) is 1.73. The van der Waals surface area contributed by atoms with E-state index in [2.05, 4.69) is 10.1 Å². The van der Waals surface area contributed by atoms with Crippen LogP contribution in [0.15, 0.2) is 0 Å². The van der Waals surface area contributed by atoms with Crippen molar-refractivity contribution in [2.45, 2.75) is 19.3 Å². The van der Waals surface area contributed by atoms with Gasteiger partial charge in [-0.1, -0.05) is 0 Å². The minimum atomic E-state index is -0.332. The Morgan fingerprint density at radius 2 is 2.24 bits per heavy atom. The maximum Gasteiger partial charge on any atom is 0.307 e. The Bertz CT molecular complexity index is 307.